The number of hydrogen-bond acceptors (Lipinski definition) is 0. The SMILES string of the molecule is C=CCc1[c]cccc1-c1ccc(Cl)cc1Cl. The zero-order chi connectivity index (χ0) is 12.3. The Morgan fingerprint density at radius 2 is 2.00 bits per heavy atom. The second-order valence-electron chi connectivity index (χ2n) is 3.68. The zero-order valence-electron chi connectivity index (χ0n) is 9.21. The van der Waals surface area contributed by atoms with Gasteiger partial charge >= 0.3 is 0 Å². The third-order valence-electron chi connectivity index (χ3n) is 2.51. The fourth-order valence-electron chi connectivity index (χ4n) is 1.74. The molecule has 2 heteroatoms. The van der Waals surface area contributed by atoms with Crippen LogP contribution >= 0.6 is 23.2 Å². The van der Waals surface area contributed by atoms with Gasteiger partial charge in [0.1, 0.15) is 0 Å². The van der Waals surface area contributed by atoms with Crippen LogP contribution in [0.3, 0.4) is 0 Å². The van der Waals surface area contributed by atoms with Gasteiger partial charge in [-0.25, -0.2) is 0 Å². The van der Waals surface area contributed by atoms with E-state index in [4.69, 9.17) is 23.2 Å². The van der Waals surface area contributed by atoms with Crippen molar-refractivity contribution in [3.63, 3.8) is 0 Å². The lowest BCUT2D eigenvalue weighted by atomic mass is 9.98. The van der Waals surface area contributed by atoms with Crippen molar-refractivity contribution in [3.05, 3.63) is 70.7 Å². The largest absolute Gasteiger partial charge is 0.103 e. The van der Waals surface area contributed by atoms with E-state index < -0.39 is 0 Å². The number of hydrogen-bond donors (Lipinski definition) is 0. The summed E-state index contributed by atoms with van der Waals surface area (Å²) < 4.78 is 0. The Kier molecular flexibility index (Phi) is 3.88. The smallest absolute Gasteiger partial charge is 0.0499 e. The molecule has 2 rings (SSSR count). The summed E-state index contributed by atoms with van der Waals surface area (Å²) in [5.74, 6) is 0. The lowest BCUT2D eigenvalue weighted by molar-refractivity contribution is 1.27. The molecule has 1 radical (unpaired) electrons. The van der Waals surface area contributed by atoms with Gasteiger partial charge in [-0.15, -0.1) is 6.58 Å². The molecule has 0 saturated carbocycles. The maximum Gasteiger partial charge on any atom is 0.0499 e. The second-order valence-corrected chi connectivity index (χ2v) is 4.52. The summed E-state index contributed by atoms with van der Waals surface area (Å²) in [6.07, 6.45) is 2.63. The van der Waals surface area contributed by atoms with Gasteiger partial charge in [-0.05, 0) is 35.7 Å². The molecular formula is C15H11Cl2. The maximum absolute atomic E-state index is 6.21. The molecule has 85 valence electrons. The van der Waals surface area contributed by atoms with Gasteiger partial charge in [0.05, 0.1) is 0 Å². The molecule has 2 aromatic carbocycles. The Balaban J connectivity index is 2.55. The van der Waals surface area contributed by atoms with Crippen molar-refractivity contribution in [1.29, 1.82) is 0 Å². The van der Waals surface area contributed by atoms with Crippen molar-refractivity contribution in [2.75, 3.05) is 0 Å². The highest BCUT2D eigenvalue weighted by Crippen LogP contribution is 2.32. The Bertz CT molecular complexity index is 544. The quantitative estimate of drug-likeness (QED) is 0.668. The minimum Gasteiger partial charge on any atom is -0.103 e. The summed E-state index contributed by atoms with van der Waals surface area (Å²) in [5.41, 5.74) is 3.14. The van der Waals surface area contributed by atoms with Gasteiger partial charge in [-0.3, -0.25) is 0 Å². The number of rotatable bonds is 3. The van der Waals surface area contributed by atoms with Crippen molar-refractivity contribution < 1.29 is 0 Å². The summed E-state index contributed by atoms with van der Waals surface area (Å²) in [6, 6.07) is 14.6. The highest BCUT2D eigenvalue weighted by molar-refractivity contribution is 6.36. The van der Waals surface area contributed by atoms with Crippen LogP contribution in [-0.4, -0.2) is 0 Å². The topological polar surface area (TPSA) is 0 Å². The zero-order valence-corrected chi connectivity index (χ0v) is 10.7. The summed E-state index contributed by atoms with van der Waals surface area (Å²) in [5, 5.41) is 1.30. The van der Waals surface area contributed by atoms with Crippen LogP contribution in [0, 0.1) is 6.07 Å². The molecule has 0 unspecified atom stereocenters. The van der Waals surface area contributed by atoms with Crippen LogP contribution < -0.4 is 0 Å². The molecule has 0 amide bonds. The van der Waals surface area contributed by atoms with E-state index in [1.54, 1.807) is 6.07 Å². The van der Waals surface area contributed by atoms with E-state index in [1.807, 2.05) is 36.4 Å². The average Bonchev–Trinajstić information content (AvgIpc) is 2.31. The molecule has 0 nitrogen and oxygen atoms in total. The number of allylic oxidation sites excluding steroid dienone is 1. The number of benzene rings is 2. The third-order valence-corrected chi connectivity index (χ3v) is 3.06. The Morgan fingerprint density at radius 3 is 2.71 bits per heavy atom. The molecule has 0 N–H and O–H groups in total. The maximum atomic E-state index is 6.21. The fraction of sp³-hybridized carbons (Fsp3) is 0.0667. The van der Waals surface area contributed by atoms with Crippen LogP contribution in [0.5, 0.6) is 0 Å². The van der Waals surface area contributed by atoms with E-state index >= 15 is 0 Å². The molecule has 0 saturated heterocycles. The molecule has 0 aliphatic carbocycles. The van der Waals surface area contributed by atoms with Crippen LogP contribution in [0.2, 0.25) is 10.0 Å². The summed E-state index contributed by atoms with van der Waals surface area (Å²) in [6.45, 7) is 3.75. The Hall–Kier alpha value is -1.24. The van der Waals surface area contributed by atoms with Gasteiger partial charge in [0.2, 0.25) is 0 Å². The first-order valence-corrected chi connectivity index (χ1v) is 6.04. The van der Waals surface area contributed by atoms with Gasteiger partial charge in [0.15, 0.2) is 0 Å². The molecule has 0 atom stereocenters. The van der Waals surface area contributed by atoms with Gasteiger partial charge in [-0.2, -0.15) is 0 Å². The first-order chi connectivity index (χ1) is 8.22. The fourth-order valence-corrected chi connectivity index (χ4v) is 2.26. The first kappa shape index (κ1) is 12.2. The third kappa shape index (κ3) is 2.71. The van der Waals surface area contributed by atoms with E-state index in [9.17, 15) is 0 Å². The molecule has 0 bridgehead atoms. The molecule has 0 heterocycles. The van der Waals surface area contributed by atoms with Crippen molar-refractivity contribution in [2.45, 2.75) is 6.42 Å². The summed E-state index contributed by atoms with van der Waals surface area (Å²) in [4.78, 5) is 0. The van der Waals surface area contributed by atoms with Gasteiger partial charge in [0.25, 0.3) is 0 Å². The van der Waals surface area contributed by atoms with E-state index in [0.717, 1.165) is 23.1 Å². The molecule has 0 aliphatic rings. The molecule has 0 spiro atoms. The highest BCUT2D eigenvalue weighted by Gasteiger charge is 2.07. The van der Waals surface area contributed by atoms with E-state index in [1.165, 1.54) is 0 Å². The number of halogens is 2. The molecule has 17 heavy (non-hydrogen) atoms. The molecule has 0 aliphatic heterocycles. The molecule has 2 aromatic rings. The van der Waals surface area contributed by atoms with E-state index in [2.05, 4.69) is 12.6 Å². The Labute approximate surface area is 112 Å². The van der Waals surface area contributed by atoms with Crippen LogP contribution in [0.4, 0.5) is 0 Å². The lowest BCUT2D eigenvalue weighted by Gasteiger charge is -2.09. The minimum atomic E-state index is 0.643. The van der Waals surface area contributed by atoms with Crippen molar-refractivity contribution in [2.24, 2.45) is 0 Å². The minimum absolute atomic E-state index is 0.643. The monoisotopic (exact) mass is 261 g/mol. The predicted molar refractivity (Wildman–Crippen MR) is 74.6 cm³/mol. The molecule has 0 fully saturated rings. The molecule has 0 aromatic heterocycles. The Morgan fingerprint density at radius 1 is 1.18 bits per heavy atom. The standard InChI is InChI=1S/C15H11Cl2/c1-2-5-11-6-3-4-7-13(11)14-9-8-12(16)10-15(14)17/h2-4,7-10H,1,5H2. The predicted octanol–water partition coefficient (Wildman–Crippen LogP) is 5.19. The average molecular weight is 262 g/mol. The highest BCUT2D eigenvalue weighted by atomic mass is 35.5. The molecular weight excluding hydrogens is 251 g/mol. The van der Waals surface area contributed by atoms with E-state index in [0.29, 0.717) is 10.0 Å². The second kappa shape index (κ2) is 5.39. The summed E-state index contributed by atoms with van der Waals surface area (Å²) in [7, 11) is 0. The van der Waals surface area contributed by atoms with Crippen molar-refractivity contribution in [1.82, 2.24) is 0 Å². The van der Waals surface area contributed by atoms with Gasteiger partial charge < -0.3 is 0 Å². The lowest BCUT2D eigenvalue weighted by Crippen LogP contribution is -1.88. The normalized spacial score (nSPS) is 10.2. The van der Waals surface area contributed by atoms with Gasteiger partial charge in [0, 0.05) is 15.6 Å². The van der Waals surface area contributed by atoms with Crippen LogP contribution in [-0.2, 0) is 6.42 Å². The van der Waals surface area contributed by atoms with Crippen LogP contribution in [0.15, 0.2) is 49.1 Å². The van der Waals surface area contributed by atoms with Crippen molar-refractivity contribution in [3.8, 4) is 11.1 Å². The van der Waals surface area contributed by atoms with Crippen LogP contribution in [0.1, 0.15) is 5.56 Å². The van der Waals surface area contributed by atoms with Crippen molar-refractivity contribution >= 4 is 23.2 Å². The first-order valence-electron chi connectivity index (χ1n) is 5.28. The van der Waals surface area contributed by atoms with Gasteiger partial charge in [-0.1, -0.05) is 53.5 Å². The van der Waals surface area contributed by atoms with E-state index in [-0.39, 0.29) is 0 Å². The van der Waals surface area contributed by atoms with Crippen LogP contribution in [0.25, 0.3) is 11.1 Å². The summed E-state index contributed by atoms with van der Waals surface area (Å²) >= 11 is 12.1.